The SMILES string of the molecule is COC1=N[C@]2(O)C[C@]3(C)[C@@H](O)CC[C@H]3[C@@H]3CCC4=CC(=O)CC[C@]4(C)[C@]32S1. The Bertz CT molecular complexity index is 780. The Morgan fingerprint density at radius 2 is 2.00 bits per heavy atom. The van der Waals surface area contributed by atoms with Crippen LogP contribution in [-0.2, 0) is 9.53 Å². The van der Waals surface area contributed by atoms with Gasteiger partial charge in [0, 0.05) is 23.7 Å². The first-order chi connectivity index (χ1) is 12.7. The predicted octanol–water partition coefficient (Wildman–Crippen LogP) is 3.05. The smallest absolute Gasteiger partial charge is 0.249 e. The van der Waals surface area contributed by atoms with Gasteiger partial charge in [-0.2, -0.15) is 0 Å². The number of fused-ring (bicyclic) bond motifs is 3. The third kappa shape index (κ3) is 1.95. The van der Waals surface area contributed by atoms with Crippen molar-refractivity contribution in [2.24, 2.45) is 27.7 Å². The Labute approximate surface area is 164 Å². The van der Waals surface area contributed by atoms with Crippen LogP contribution >= 0.6 is 11.8 Å². The lowest BCUT2D eigenvalue weighted by molar-refractivity contribution is -0.172. The third-order valence-corrected chi connectivity index (χ3v) is 10.6. The topological polar surface area (TPSA) is 79.1 Å². The van der Waals surface area contributed by atoms with Crippen LogP contribution in [0.1, 0.15) is 58.8 Å². The molecule has 2 N–H and O–H groups in total. The van der Waals surface area contributed by atoms with Crippen LogP contribution in [0.2, 0.25) is 0 Å². The fourth-order valence-electron chi connectivity index (χ4n) is 7.49. The number of hydrogen-bond donors (Lipinski definition) is 2. The fraction of sp³-hybridized carbons (Fsp3) is 0.810. The summed E-state index contributed by atoms with van der Waals surface area (Å²) < 4.78 is 5.02. The zero-order chi connectivity index (χ0) is 19.2. The molecule has 5 aliphatic rings. The maximum Gasteiger partial charge on any atom is 0.249 e. The summed E-state index contributed by atoms with van der Waals surface area (Å²) in [6, 6.07) is 0. The number of aliphatic imine (C=N–C) groups is 1. The molecule has 6 heteroatoms. The van der Waals surface area contributed by atoms with Crippen molar-refractivity contribution in [3.63, 3.8) is 0 Å². The van der Waals surface area contributed by atoms with E-state index in [1.165, 1.54) is 5.57 Å². The van der Waals surface area contributed by atoms with Crippen LogP contribution in [-0.4, -0.2) is 44.9 Å². The van der Waals surface area contributed by atoms with Crippen molar-refractivity contribution in [2.45, 2.75) is 75.4 Å². The first kappa shape index (κ1) is 18.2. The van der Waals surface area contributed by atoms with E-state index in [0.29, 0.717) is 24.0 Å². The average Bonchev–Trinajstić information content (AvgIpc) is 3.07. The minimum Gasteiger partial charge on any atom is -0.476 e. The molecular formula is C21H29NO4S. The highest BCUT2D eigenvalue weighted by Gasteiger charge is 2.78. The van der Waals surface area contributed by atoms with Gasteiger partial charge in [0.15, 0.2) is 11.5 Å². The summed E-state index contributed by atoms with van der Waals surface area (Å²) in [5.41, 5.74) is -0.713. The molecule has 1 spiro atoms. The quantitative estimate of drug-likeness (QED) is 0.663. The zero-order valence-corrected chi connectivity index (χ0v) is 17.1. The van der Waals surface area contributed by atoms with Crippen molar-refractivity contribution in [3.8, 4) is 0 Å². The lowest BCUT2D eigenvalue weighted by atomic mass is 9.44. The number of nitrogens with zero attached hydrogens (tertiary/aromatic N) is 1. The maximum absolute atomic E-state index is 12.2. The number of carbonyl (C=O) groups is 1. The molecule has 1 aliphatic heterocycles. The average molecular weight is 392 g/mol. The van der Waals surface area contributed by atoms with E-state index in [-0.39, 0.29) is 22.5 Å². The Balaban J connectivity index is 1.73. The monoisotopic (exact) mass is 391 g/mol. The van der Waals surface area contributed by atoms with Crippen LogP contribution in [0, 0.1) is 22.7 Å². The van der Waals surface area contributed by atoms with Crippen LogP contribution in [0.4, 0.5) is 0 Å². The molecule has 1 heterocycles. The second-order valence-electron chi connectivity index (χ2n) is 9.73. The molecule has 0 saturated heterocycles. The highest BCUT2D eigenvalue weighted by molar-refractivity contribution is 8.15. The molecule has 5 rings (SSSR count). The minimum atomic E-state index is -1.28. The first-order valence-electron chi connectivity index (χ1n) is 10.2. The molecule has 4 aliphatic carbocycles. The number of methoxy groups -OCH3 is 1. The molecule has 0 radical (unpaired) electrons. The second kappa shape index (κ2) is 5.39. The molecule has 7 atom stereocenters. The number of aliphatic hydroxyl groups excluding tert-OH is 1. The Hall–Kier alpha value is -0.850. The normalized spacial score (nSPS) is 53.7. The molecule has 0 bridgehead atoms. The van der Waals surface area contributed by atoms with Gasteiger partial charge in [-0.15, -0.1) is 0 Å². The molecule has 0 unspecified atom stereocenters. The molecule has 3 fully saturated rings. The molecule has 3 saturated carbocycles. The maximum atomic E-state index is 12.2. The largest absolute Gasteiger partial charge is 0.476 e. The van der Waals surface area contributed by atoms with Gasteiger partial charge in [-0.1, -0.05) is 31.2 Å². The van der Waals surface area contributed by atoms with Crippen LogP contribution in [0.25, 0.3) is 0 Å². The number of ketones is 1. The Kier molecular flexibility index (Phi) is 3.63. The van der Waals surface area contributed by atoms with Gasteiger partial charge >= 0.3 is 0 Å². The number of carbonyl (C=O) groups excluding carboxylic acids is 1. The number of thioether (sulfide) groups is 1. The lowest BCUT2D eigenvalue weighted by Gasteiger charge is -2.66. The summed E-state index contributed by atoms with van der Waals surface area (Å²) >= 11 is 1.60. The molecule has 148 valence electrons. The number of ether oxygens (including phenoxy) is 1. The molecule has 0 amide bonds. The minimum absolute atomic E-state index is 0.202. The highest BCUT2D eigenvalue weighted by atomic mass is 32.2. The Morgan fingerprint density at radius 1 is 1.22 bits per heavy atom. The first-order valence-corrected chi connectivity index (χ1v) is 11.0. The van der Waals surface area contributed by atoms with Gasteiger partial charge in [-0.05, 0) is 50.0 Å². The molecule has 0 aromatic rings. The third-order valence-electron chi connectivity index (χ3n) is 8.75. The summed E-state index contributed by atoms with van der Waals surface area (Å²) in [5.74, 6) is 0.812. The van der Waals surface area contributed by atoms with Crippen LogP contribution in [0.3, 0.4) is 0 Å². The van der Waals surface area contributed by atoms with E-state index in [1.54, 1.807) is 18.9 Å². The predicted molar refractivity (Wildman–Crippen MR) is 104 cm³/mol. The van der Waals surface area contributed by atoms with Gasteiger partial charge in [-0.25, -0.2) is 4.99 Å². The van der Waals surface area contributed by atoms with Gasteiger partial charge in [0.1, 0.15) is 0 Å². The van der Waals surface area contributed by atoms with Gasteiger partial charge in [0.25, 0.3) is 0 Å². The molecule has 27 heavy (non-hydrogen) atoms. The van der Waals surface area contributed by atoms with Crippen LogP contribution in [0.5, 0.6) is 0 Å². The van der Waals surface area contributed by atoms with Crippen molar-refractivity contribution in [1.82, 2.24) is 0 Å². The van der Waals surface area contributed by atoms with Crippen LogP contribution in [0.15, 0.2) is 16.6 Å². The molecule has 0 aromatic heterocycles. The van der Waals surface area contributed by atoms with Crippen molar-refractivity contribution < 1.29 is 19.7 Å². The summed E-state index contributed by atoms with van der Waals surface area (Å²) in [4.78, 5) is 16.9. The van der Waals surface area contributed by atoms with Gasteiger partial charge in [0.05, 0.1) is 18.0 Å². The highest BCUT2D eigenvalue weighted by Crippen LogP contribution is 2.75. The van der Waals surface area contributed by atoms with E-state index in [1.807, 2.05) is 6.08 Å². The molecular weight excluding hydrogens is 362 g/mol. The fourth-order valence-corrected chi connectivity index (χ4v) is 9.21. The number of allylic oxidation sites excluding steroid dienone is 1. The van der Waals surface area contributed by atoms with Crippen molar-refractivity contribution in [3.05, 3.63) is 11.6 Å². The lowest BCUT2D eigenvalue weighted by Crippen LogP contribution is -2.71. The zero-order valence-electron chi connectivity index (χ0n) is 16.3. The molecule has 5 nitrogen and oxygen atoms in total. The van der Waals surface area contributed by atoms with E-state index in [0.717, 1.165) is 32.1 Å². The van der Waals surface area contributed by atoms with E-state index in [4.69, 9.17) is 9.73 Å². The summed E-state index contributed by atoms with van der Waals surface area (Å²) in [6.07, 6.45) is 6.81. The second-order valence-corrected chi connectivity index (χ2v) is 10.9. The van der Waals surface area contributed by atoms with Crippen molar-refractivity contribution in [2.75, 3.05) is 7.11 Å². The van der Waals surface area contributed by atoms with Gasteiger partial charge in [-0.3, -0.25) is 4.79 Å². The molecule has 0 aromatic carbocycles. The standard InChI is InChI=1S/C21H29NO4S/c1-18-11-20(25)21(27-17(22-20)26-3)15(14(18)6-7-16(18)24)5-4-12-10-13(23)8-9-19(12,21)2/h10,14-16,24-25H,4-9,11H2,1-3H3/t14-,15-,16-,18-,19-,20-,21+/m0/s1. The number of rotatable bonds is 0. The van der Waals surface area contributed by atoms with Crippen molar-refractivity contribution >= 4 is 22.8 Å². The van der Waals surface area contributed by atoms with E-state index >= 15 is 0 Å². The van der Waals surface area contributed by atoms with Crippen LogP contribution < -0.4 is 0 Å². The summed E-state index contributed by atoms with van der Waals surface area (Å²) in [5, 5.41) is 23.4. The summed E-state index contributed by atoms with van der Waals surface area (Å²) in [6.45, 7) is 4.37. The van der Waals surface area contributed by atoms with Gasteiger partial charge in [0.2, 0.25) is 5.23 Å². The van der Waals surface area contributed by atoms with E-state index in [2.05, 4.69) is 13.8 Å². The van der Waals surface area contributed by atoms with Crippen molar-refractivity contribution in [1.29, 1.82) is 0 Å². The number of aliphatic hydroxyl groups is 2. The summed E-state index contributed by atoms with van der Waals surface area (Å²) in [7, 11) is 1.61. The van der Waals surface area contributed by atoms with Gasteiger partial charge < -0.3 is 14.9 Å². The number of hydrogen-bond acceptors (Lipinski definition) is 6. The van der Waals surface area contributed by atoms with E-state index < -0.39 is 16.6 Å². The van der Waals surface area contributed by atoms with E-state index in [9.17, 15) is 15.0 Å². The Morgan fingerprint density at radius 3 is 2.74 bits per heavy atom.